The van der Waals surface area contributed by atoms with E-state index in [4.69, 9.17) is 10.5 Å². The standard InChI is InChI=1S/C15H17NO2S2/c1-3-10-4-6-11(7-5-10)19-9-12-8-13(14(16)20-12)15(17)18-2/h4-8H,3,9,16H2,1-2H3. The number of thiophene rings is 1. The van der Waals surface area contributed by atoms with Gasteiger partial charge in [-0.25, -0.2) is 4.79 Å². The van der Waals surface area contributed by atoms with E-state index in [0.717, 1.165) is 17.1 Å². The van der Waals surface area contributed by atoms with E-state index in [1.165, 1.54) is 28.9 Å². The molecular weight excluding hydrogens is 290 g/mol. The first-order chi connectivity index (χ1) is 9.63. The molecule has 0 radical (unpaired) electrons. The van der Waals surface area contributed by atoms with E-state index in [2.05, 4.69) is 31.2 Å². The third kappa shape index (κ3) is 3.55. The highest BCUT2D eigenvalue weighted by atomic mass is 32.2. The normalized spacial score (nSPS) is 10.5. The second-order valence-electron chi connectivity index (χ2n) is 4.27. The fourth-order valence-electron chi connectivity index (χ4n) is 1.77. The molecule has 2 aromatic rings. The van der Waals surface area contributed by atoms with Crippen LogP contribution in [0.3, 0.4) is 0 Å². The summed E-state index contributed by atoms with van der Waals surface area (Å²) >= 11 is 3.18. The van der Waals surface area contributed by atoms with Crippen LogP contribution in [0.5, 0.6) is 0 Å². The SMILES string of the molecule is CCc1ccc(SCc2cc(C(=O)OC)c(N)s2)cc1. The number of thioether (sulfide) groups is 1. The van der Waals surface area contributed by atoms with Crippen molar-refractivity contribution < 1.29 is 9.53 Å². The first kappa shape index (κ1) is 14.9. The van der Waals surface area contributed by atoms with Crippen molar-refractivity contribution in [1.82, 2.24) is 0 Å². The minimum atomic E-state index is -0.373. The average molecular weight is 307 g/mol. The number of ether oxygens (including phenoxy) is 1. The Balaban J connectivity index is 2.01. The number of methoxy groups -OCH3 is 1. The topological polar surface area (TPSA) is 52.3 Å². The van der Waals surface area contributed by atoms with Crippen molar-refractivity contribution in [3.8, 4) is 0 Å². The van der Waals surface area contributed by atoms with Crippen LogP contribution in [0.4, 0.5) is 5.00 Å². The summed E-state index contributed by atoms with van der Waals surface area (Å²) in [7, 11) is 1.36. The van der Waals surface area contributed by atoms with Crippen molar-refractivity contribution in [2.75, 3.05) is 12.8 Å². The predicted molar refractivity (Wildman–Crippen MR) is 85.5 cm³/mol. The van der Waals surface area contributed by atoms with E-state index in [-0.39, 0.29) is 5.97 Å². The van der Waals surface area contributed by atoms with E-state index in [9.17, 15) is 4.79 Å². The first-order valence-corrected chi connectivity index (χ1v) is 8.12. The molecule has 1 heterocycles. The van der Waals surface area contributed by atoms with Crippen molar-refractivity contribution in [3.63, 3.8) is 0 Å². The fourth-order valence-corrected chi connectivity index (χ4v) is 3.62. The van der Waals surface area contributed by atoms with Crippen LogP contribution in [0.1, 0.15) is 27.7 Å². The van der Waals surface area contributed by atoms with Crippen LogP contribution in [0, 0.1) is 0 Å². The molecule has 0 unspecified atom stereocenters. The molecule has 0 fully saturated rings. The van der Waals surface area contributed by atoms with Gasteiger partial charge in [-0.15, -0.1) is 23.1 Å². The quantitative estimate of drug-likeness (QED) is 0.671. The van der Waals surface area contributed by atoms with Gasteiger partial charge in [0.25, 0.3) is 0 Å². The number of esters is 1. The minimum Gasteiger partial charge on any atom is -0.465 e. The van der Waals surface area contributed by atoms with Crippen LogP contribution < -0.4 is 5.73 Å². The molecule has 2 rings (SSSR count). The number of nitrogens with two attached hydrogens (primary N) is 1. The van der Waals surface area contributed by atoms with E-state index in [0.29, 0.717) is 10.6 Å². The highest BCUT2D eigenvalue weighted by molar-refractivity contribution is 7.98. The van der Waals surface area contributed by atoms with Gasteiger partial charge in [-0.2, -0.15) is 0 Å². The number of rotatable bonds is 5. The number of hydrogen-bond donors (Lipinski definition) is 1. The summed E-state index contributed by atoms with van der Waals surface area (Å²) < 4.78 is 4.70. The van der Waals surface area contributed by atoms with Crippen LogP contribution in [0.2, 0.25) is 0 Å². The lowest BCUT2D eigenvalue weighted by Gasteiger charge is -2.01. The summed E-state index contributed by atoms with van der Waals surface area (Å²) in [5.74, 6) is 0.430. The number of hydrogen-bond acceptors (Lipinski definition) is 5. The molecule has 0 aliphatic carbocycles. The van der Waals surface area contributed by atoms with Gasteiger partial charge in [-0.05, 0) is 30.2 Å². The minimum absolute atomic E-state index is 0.373. The molecule has 5 heteroatoms. The molecule has 2 N–H and O–H groups in total. The summed E-state index contributed by atoms with van der Waals surface area (Å²) in [6, 6.07) is 10.4. The van der Waals surface area contributed by atoms with Crippen molar-refractivity contribution in [2.24, 2.45) is 0 Å². The molecule has 0 saturated heterocycles. The number of carbonyl (C=O) groups excluding carboxylic acids is 1. The maximum Gasteiger partial charge on any atom is 0.340 e. The Kier molecular flexibility index (Phi) is 5.09. The molecule has 0 bridgehead atoms. The molecule has 3 nitrogen and oxygen atoms in total. The lowest BCUT2D eigenvalue weighted by molar-refractivity contribution is 0.0602. The first-order valence-electron chi connectivity index (χ1n) is 6.32. The molecule has 0 atom stereocenters. The molecule has 0 aliphatic rings. The summed E-state index contributed by atoms with van der Waals surface area (Å²) in [5.41, 5.74) is 7.64. The van der Waals surface area contributed by atoms with Gasteiger partial charge >= 0.3 is 5.97 Å². The van der Waals surface area contributed by atoms with Crippen LogP contribution in [-0.2, 0) is 16.9 Å². The van der Waals surface area contributed by atoms with E-state index in [1.807, 2.05) is 6.07 Å². The van der Waals surface area contributed by atoms with E-state index in [1.54, 1.807) is 11.8 Å². The van der Waals surface area contributed by atoms with Crippen LogP contribution in [-0.4, -0.2) is 13.1 Å². The molecule has 0 amide bonds. The Morgan fingerprint density at radius 3 is 2.65 bits per heavy atom. The summed E-state index contributed by atoms with van der Waals surface area (Å²) in [6.07, 6.45) is 1.05. The second-order valence-corrected chi connectivity index (χ2v) is 6.49. The van der Waals surface area contributed by atoms with Crippen LogP contribution in [0.15, 0.2) is 35.2 Å². The monoisotopic (exact) mass is 307 g/mol. The van der Waals surface area contributed by atoms with Gasteiger partial charge in [0.15, 0.2) is 0 Å². The molecule has 0 aliphatic heterocycles. The van der Waals surface area contributed by atoms with Crippen molar-refractivity contribution in [3.05, 3.63) is 46.3 Å². The smallest absolute Gasteiger partial charge is 0.340 e. The van der Waals surface area contributed by atoms with Gasteiger partial charge < -0.3 is 10.5 Å². The maximum atomic E-state index is 11.5. The van der Waals surface area contributed by atoms with Gasteiger partial charge in [0.2, 0.25) is 0 Å². The Morgan fingerprint density at radius 1 is 1.35 bits per heavy atom. The Labute approximate surface area is 127 Å². The third-order valence-corrected chi connectivity index (χ3v) is 5.14. The molecule has 20 heavy (non-hydrogen) atoms. The zero-order chi connectivity index (χ0) is 14.5. The van der Waals surface area contributed by atoms with E-state index < -0.39 is 0 Å². The molecule has 1 aromatic carbocycles. The maximum absolute atomic E-state index is 11.5. The van der Waals surface area contributed by atoms with Crippen LogP contribution in [0.25, 0.3) is 0 Å². The van der Waals surface area contributed by atoms with Crippen molar-refractivity contribution in [2.45, 2.75) is 24.0 Å². The van der Waals surface area contributed by atoms with Gasteiger partial charge in [0.1, 0.15) is 5.00 Å². The van der Waals surface area contributed by atoms with Crippen molar-refractivity contribution >= 4 is 34.1 Å². The Hall–Kier alpha value is -1.46. The lowest BCUT2D eigenvalue weighted by atomic mass is 10.2. The average Bonchev–Trinajstić information content (AvgIpc) is 2.86. The third-order valence-electron chi connectivity index (χ3n) is 2.93. The number of nitrogen functional groups attached to an aromatic ring is 1. The summed E-state index contributed by atoms with van der Waals surface area (Å²) in [5, 5.41) is 0.522. The zero-order valence-corrected chi connectivity index (χ0v) is 13.1. The lowest BCUT2D eigenvalue weighted by Crippen LogP contribution is -2.01. The van der Waals surface area contributed by atoms with Gasteiger partial charge in [0, 0.05) is 15.5 Å². The Bertz CT molecular complexity index is 590. The predicted octanol–water partition coefficient (Wildman–Crippen LogP) is 3.97. The van der Waals surface area contributed by atoms with Gasteiger partial charge in [-0.1, -0.05) is 19.1 Å². The number of anilines is 1. The molecule has 1 aromatic heterocycles. The highest BCUT2D eigenvalue weighted by Crippen LogP contribution is 2.31. The van der Waals surface area contributed by atoms with Gasteiger partial charge in [0.05, 0.1) is 12.7 Å². The van der Waals surface area contributed by atoms with E-state index >= 15 is 0 Å². The highest BCUT2D eigenvalue weighted by Gasteiger charge is 2.14. The van der Waals surface area contributed by atoms with Crippen LogP contribution >= 0.6 is 23.1 Å². The second kappa shape index (κ2) is 6.81. The molecule has 0 saturated carbocycles. The largest absolute Gasteiger partial charge is 0.465 e. The number of aryl methyl sites for hydroxylation is 1. The number of carbonyl (C=O) groups is 1. The van der Waals surface area contributed by atoms with Crippen molar-refractivity contribution in [1.29, 1.82) is 0 Å². The fraction of sp³-hybridized carbons (Fsp3) is 0.267. The number of benzene rings is 1. The molecular formula is C15H17NO2S2. The summed E-state index contributed by atoms with van der Waals surface area (Å²) in [4.78, 5) is 13.8. The Morgan fingerprint density at radius 2 is 2.05 bits per heavy atom. The molecule has 0 spiro atoms. The zero-order valence-electron chi connectivity index (χ0n) is 11.5. The molecule has 106 valence electrons. The van der Waals surface area contributed by atoms with Gasteiger partial charge in [-0.3, -0.25) is 0 Å². The summed E-state index contributed by atoms with van der Waals surface area (Å²) in [6.45, 7) is 2.14.